The van der Waals surface area contributed by atoms with Gasteiger partial charge in [0.05, 0.1) is 5.69 Å². The molecule has 0 amide bonds. The van der Waals surface area contributed by atoms with Crippen molar-refractivity contribution in [2.75, 3.05) is 0 Å². The van der Waals surface area contributed by atoms with Crippen molar-refractivity contribution in [3.05, 3.63) is 119 Å². The van der Waals surface area contributed by atoms with Crippen LogP contribution in [0.15, 0.2) is 62.9 Å². The molecular weight excluding hydrogens is 515 g/mol. The van der Waals surface area contributed by atoms with E-state index in [1.165, 1.54) is 36.4 Å². The van der Waals surface area contributed by atoms with E-state index >= 15 is 0 Å². The Hall–Kier alpha value is -3.85. The third-order valence-corrected chi connectivity index (χ3v) is 5.66. The van der Waals surface area contributed by atoms with Crippen LogP contribution in [0.5, 0.6) is 0 Å². The fourth-order valence-electron chi connectivity index (χ4n) is 3.57. The van der Waals surface area contributed by atoms with Gasteiger partial charge in [-0.3, -0.25) is 14.4 Å². The summed E-state index contributed by atoms with van der Waals surface area (Å²) >= 11 is 3.31. The molecule has 0 aliphatic carbocycles. The van der Waals surface area contributed by atoms with Gasteiger partial charge in [-0.05, 0) is 64.0 Å². The first kappa shape index (κ1) is 24.3. The van der Waals surface area contributed by atoms with Crippen LogP contribution >= 0.6 is 15.9 Å². The fraction of sp³-hybridized carbons (Fsp3) is 0.154. The second kappa shape index (κ2) is 9.42. The average molecular weight is 537 g/mol. The minimum Gasteiger partial charge on any atom is -0.335 e. The van der Waals surface area contributed by atoms with Gasteiger partial charge in [-0.15, -0.1) is 0 Å². The van der Waals surface area contributed by atoms with Crippen molar-refractivity contribution in [1.29, 1.82) is 0 Å². The standard InChI is InChI=1S/C26H22BrFN4O3/c1-26(2,3)22-18(31-25(27)32-22)13-20-24(35)29-19(23(34)30-20)12-14-5-4-6-16(11-14)21(33)15-7-9-17(28)10-8-15/h4-13H,1-3H3,(H,29,35)(H,30,34)(H,31,32). The van der Waals surface area contributed by atoms with Gasteiger partial charge in [-0.1, -0.05) is 39.0 Å². The summed E-state index contributed by atoms with van der Waals surface area (Å²) < 4.78 is 13.7. The van der Waals surface area contributed by atoms with E-state index in [0.717, 1.165) is 5.69 Å². The number of halogens is 2. The van der Waals surface area contributed by atoms with Crippen molar-refractivity contribution in [1.82, 2.24) is 19.9 Å². The second-order valence-corrected chi connectivity index (χ2v) is 9.77. The summed E-state index contributed by atoms with van der Waals surface area (Å²) in [6, 6.07) is 11.9. The maximum Gasteiger partial charge on any atom is 0.272 e. The molecule has 0 fully saturated rings. The Balaban J connectivity index is 1.74. The van der Waals surface area contributed by atoms with E-state index in [2.05, 4.69) is 35.9 Å². The quantitative estimate of drug-likeness (QED) is 0.348. The van der Waals surface area contributed by atoms with Crippen LogP contribution in [0.1, 0.15) is 53.6 Å². The minimum atomic E-state index is -0.502. The van der Waals surface area contributed by atoms with Gasteiger partial charge in [0, 0.05) is 22.2 Å². The number of carbonyl (C=O) groups is 1. The van der Waals surface area contributed by atoms with Gasteiger partial charge < -0.3 is 15.0 Å². The number of aromatic amines is 3. The number of hydrogen-bond donors (Lipinski definition) is 3. The molecule has 178 valence electrons. The van der Waals surface area contributed by atoms with Crippen molar-refractivity contribution >= 4 is 33.9 Å². The predicted molar refractivity (Wildman–Crippen MR) is 135 cm³/mol. The Labute approximate surface area is 207 Å². The maximum absolute atomic E-state index is 13.2. The molecule has 0 saturated carbocycles. The molecule has 3 N–H and O–H groups in total. The smallest absolute Gasteiger partial charge is 0.272 e. The number of nitrogens with zero attached hydrogens (tertiary/aromatic N) is 1. The third kappa shape index (κ3) is 5.46. The average Bonchev–Trinajstić information content (AvgIpc) is 3.18. The lowest BCUT2D eigenvalue weighted by molar-refractivity contribution is 0.103. The van der Waals surface area contributed by atoms with Crippen LogP contribution in [0, 0.1) is 5.82 Å². The van der Waals surface area contributed by atoms with Crippen LogP contribution in [-0.4, -0.2) is 25.7 Å². The van der Waals surface area contributed by atoms with Gasteiger partial charge in [0.1, 0.15) is 16.5 Å². The number of imidazole rings is 1. The summed E-state index contributed by atoms with van der Waals surface area (Å²) in [5.41, 5.74) is 1.34. The molecule has 2 aromatic heterocycles. The molecule has 2 aromatic carbocycles. The zero-order chi connectivity index (χ0) is 25.3. The summed E-state index contributed by atoms with van der Waals surface area (Å²) in [5, 5.41) is 0.106. The first-order chi connectivity index (χ1) is 16.5. The first-order valence-corrected chi connectivity index (χ1v) is 11.5. The number of benzene rings is 2. The van der Waals surface area contributed by atoms with E-state index in [4.69, 9.17) is 0 Å². The molecule has 2 heterocycles. The van der Waals surface area contributed by atoms with Crippen LogP contribution in [0.25, 0.3) is 12.2 Å². The van der Waals surface area contributed by atoms with Crippen LogP contribution in [-0.2, 0) is 5.41 Å². The number of rotatable bonds is 4. The molecular formula is C26H22BrFN4O3. The van der Waals surface area contributed by atoms with Crippen molar-refractivity contribution < 1.29 is 9.18 Å². The number of carbonyl (C=O) groups excluding carboxylic acids is 1. The Kier molecular flexibility index (Phi) is 6.53. The predicted octanol–water partition coefficient (Wildman–Crippen LogP) is 2.87. The van der Waals surface area contributed by atoms with Crippen LogP contribution in [0.4, 0.5) is 4.39 Å². The number of H-pyrrole nitrogens is 3. The molecule has 4 rings (SSSR count). The SMILES string of the molecule is CC(C)(C)c1[nH]c(Br)nc1C=c1[nH]c(=O)c(=Cc2cccc(C(=O)c3ccc(F)cc3)c2)[nH]c1=O. The lowest BCUT2D eigenvalue weighted by Gasteiger charge is -2.16. The van der Waals surface area contributed by atoms with Crippen LogP contribution < -0.4 is 21.8 Å². The van der Waals surface area contributed by atoms with Crippen molar-refractivity contribution in [3.63, 3.8) is 0 Å². The van der Waals surface area contributed by atoms with Gasteiger partial charge in [0.2, 0.25) is 0 Å². The molecule has 9 heteroatoms. The largest absolute Gasteiger partial charge is 0.335 e. The lowest BCUT2D eigenvalue weighted by atomic mass is 9.90. The maximum atomic E-state index is 13.2. The van der Waals surface area contributed by atoms with E-state index in [0.29, 0.717) is 27.1 Å². The molecule has 0 saturated heterocycles. The van der Waals surface area contributed by atoms with Gasteiger partial charge in [0.25, 0.3) is 11.1 Å². The van der Waals surface area contributed by atoms with Gasteiger partial charge in [0.15, 0.2) is 10.5 Å². The van der Waals surface area contributed by atoms with Crippen LogP contribution in [0.3, 0.4) is 0 Å². The Morgan fingerprint density at radius 2 is 1.54 bits per heavy atom. The molecule has 4 aromatic rings. The van der Waals surface area contributed by atoms with Gasteiger partial charge in [-0.2, -0.15) is 0 Å². The van der Waals surface area contributed by atoms with E-state index in [1.54, 1.807) is 24.3 Å². The van der Waals surface area contributed by atoms with E-state index < -0.39 is 16.9 Å². The zero-order valence-corrected chi connectivity index (χ0v) is 20.8. The Bertz CT molecular complexity index is 1660. The molecule has 0 unspecified atom stereocenters. The highest BCUT2D eigenvalue weighted by atomic mass is 79.9. The number of nitrogens with one attached hydrogen (secondary N) is 3. The highest BCUT2D eigenvalue weighted by Gasteiger charge is 2.21. The summed E-state index contributed by atoms with van der Waals surface area (Å²) in [4.78, 5) is 50.9. The van der Waals surface area contributed by atoms with Crippen molar-refractivity contribution in [3.8, 4) is 0 Å². The van der Waals surface area contributed by atoms with Crippen LogP contribution in [0.2, 0.25) is 0 Å². The van der Waals surface area contributed by atoms with Gasteiger partial charge >= 0.3 is 0 Å². The second-order valence-electron chi connectivity index (χ2n) is 9.02. The van der Waals surface area contributed by atoms with Gasteiger partial charge in [-0.25, -0.2) is 9.37 Å². The summed E-state index contributed by atoms with van der Waals surface area (Å²) in [6.07, 6.45) is 3.00. The molecule has 0 aliphatic heterocycles. The molecule has 35 heavy (non-hydrogen) atoms. The highest BCUT2D eigenvalue weighted by molar-refractivity contribution is 9.10. The highest BCUT2D eigenvalue weighted by Crippen LogP contribution is 2.25. The van der Waals surface area contributed by atoms with E-state index in [9.17, 15) is 18.8 Å². The normalized spacial score (nSPS) is 12.8. The summed E-state index contributed by atoms with van der Waals surface area (Å²) in [7, 11) is 0. The molecule has 0 aliphatic rings. The summed E-state index contributed by atoms with van der Waals surface area (Å²) in [5.74, 6) is -0.713. The molecule has 0 bridgehead atoms. The Morgan fingerprint density at radius 3 is 2.17 bits per heavy atom. The van der Waals surface area contributed by atoms with Crippen molar-refractivity contribution in [2.45, 2.75) is 26.2 Å². The first-order valence-electron chi connectivity index (χ1n) is 10.7. The van der Waals surface area contributed by atoms with E-state index in [1.807, 2.05) is 20.8 Å². The number of hydrogen-bond acceptors (Lipinski definition) is 4. The van der Waals surface area contributed by atoms with E-state index in [-0.39, 0.29) is 21.9 Å². The molecule has 0 atom stereocenters. The fourth-order valence-corrected chi connectivity index (χ4v) is 3.96. The number of aromatic nitrogens is 4. The third-order valence-electron chi connectivity index (χ3n) is 5.29. The lowest BCUT2D eigenvalue weighted by Crippen LogP contribution is -2.46. The number of ketones is 1. The molecule has 0 radical (unpaired) electrons. The molecule has 7 nitrogen and oxygen atoms in total. The monoisotopic (exact) mass is 536 g/mol. The Morgan fingerprint density at radius 1 is 0.914 bits per heavy atom. The molecule has 0 spiro atoms. The zero-order valence-electron chi connectivity index (χ0n) is 19.2. The minimum absolute atomic E-state index is 0.0396. The summed E-state index contributed by atoms with van der Waals surface area (Å²) in [6.45, 7) is 6.01. The van der Waals surface area contributed by atoms with Crippen molar-refractivity contribution in [2.24, 2.45) is 0 Å². The topological polar surface area (TPSA) is 111 Å².